The van der Waals surface area contributed by atoms with E-state index in [4.69, 9.17) is 4.74 Å². The lowest BCUT2D eigenvalue weighted by molar-refractivity contribution is -0.141. The van der Waals surface area contributed by atoms with Crippen LogP contribution in [0.5, 0.6) is 5.75 Å². The highest BCUT2D eigenvalue weighted by Crippen LogP contribution is 2.22. The molecular weight excluding hydrogens is 526 g/mol. The van der Waals surface area contributed by atoms with Gasteiger partial charge in [0.1, 0.15) is 11.8 Å². The molecule has 40 heavy (non-hydrogen) atoms. The number of nitrogens with one attached hydrogen (secondary N) is 1. The predicted molar refractivity (Wildman–Crippen MR) is 160 cm³/mol. The Balaban J connectivity index is 1.76. The van der Waals surface area contributed by atoms with E-state index < -0.39 is 16.1 Å². The molecule has 1 atom stereocenters. The second-order valence-electron chi connectivity index (χ2n) is 10.6. The van der Waals surface area contributed by atoms with Crippen molar-refractivity contribution < 1.29 is 22.7 Å². The number of hydrogen-bond donors (Lipinski definition) is 1. The first-order valence-corrected chi connectivity index (χ1v) is 16.3. The minimum atomic E-state index is -3.53. The van der Waals surface area contributed by atoms with Crippen molar-refractivity contribution in [2.24, 2.45) is 0 Å². The molecule has 9 heteroatoms. The molecule has 1 fully saturated rings. The number of benzene rings is 2. The van der Waals surface area contributed by atoms with E-state index in [-0.39, 0.29) is 37.4 Å². The minimum absolute atomic E-state index is 0.121. The molecule has 2 aromatic carbocycles. The van der Waals surface area contributed by atoms with Gasteiger partial charge in [-0.1, -0.05) is 57.4 Å². The number of ether oxygens (including phenoxy) is 1. The van der Waals surface area contributed by atoms with Crippen LogP contribution >= 0.6 is 0 Å². The van der Waals surface area contributed by atoms with Crippen LogP contribution in [0.3, 0.4) is 0 Å². The first-order valence-electron chi connectivity index (χ1n) is 14.5. The van der Waals surface area contributed by atoms with Gasteiger partial charge in [-0.2, -0.15) is 0 Å². The van der Waals surface area contributed by atoms with Gasteiger partial charge in [-0.15, -0.1) is 0 Å². The Morgan fingerprint density at radius 2 is 1.73 bits per heavy atom. The van der Waals surface area contributed by atoms with Crippen LogP contribution in [0.15, 0.2) is 48.5 Å². The molecule has 1 aliphatic carbocycles. The van der Waals surface area contributed by atoms with Gasteiger partial charge >= 0.3 is 0 Å². The molecule has 0 saturated heterocycles. The predicted octanol–water partition coefficient (Wildman–Crippen LogP) is 5.06. The van der Waals surface area contributed by atoms with Crippen molar-refractivity contribution in [3.63, 3.8) is 0 Å². The number of anilines is 1. The van der Waals surface area contributed by atoms with Gasteiger partial charge in [0.2, 0.25) is 21.8 Å². The second-order valence-corrected chi connectivity index (χ2v) is 12.5. The topological polar surface area (TPSA) is 96.0 Å². The minimum Gasteiger partial charge on any atom is -0.497 e. The molecule has 2 amide bonds. The maximum absolute atomic E-state index is 13.7. The summed E-state index contributed by atoms with van der Waals surface area (Å²) in [6.45, 7) is 4.41. The average molecular weight is 572 g/mol. The van der Waals surface area contributed by atoms with Crippen LogP contribution in [0, 0.1) is 0 Å². The Morgan fingerprint density at radius 1 is 1.02 bits per heavy atom. The van der Waals surface area contributed by atoms with Crippen molar-refractivity contribution in [1.29, 1.82) is 0 Å². The number of carbonyl (C=O) groups is 2. The van der Waals surface area contributed by atoms with Crippen LogP contribution in [0.1, 0.15) is 76.3 Å². The van der Waals surface area contributed by atoms with E-state index >= 15 is 0 Å². The van der Waals surface area contributed by atoms with Crippen LogP contribution in [-0.4, -0.2) is 57.1 Å². The number of amides is 2. The zero-order chi connectivity index (χ0) is 29.1. The van der Waals surface area contributed by atoms with Crippen molar-refractivity contribution >= 4 is 27.5 Å². The summed E-state index contributed by atoms with van der Waals surface area (Å²) in [5, 5.41) is 3.19. The van der Waals surface area contributed by atoms with Crippen molar-refractivity contribution in [2.75, 3.05) is 24.2 Å². The number of nitrogens with zero attached hydrogens (tertiary/aromatic N) is 2. The Hall–Kier alpha value is -3.07. The molecule has 0 heterocycles. The van der Waals surface area contributed by atoms with Crippen molar-refractivity contribution in [3.05, 3.63) is 59.7 Å². The van der Waals surface area contributed by atoms with Gasteiger partial charge in [-0.3, -0.25) is 13.9 Å². The highest BCUT2D eigenvalue weighted by atomic mass is 32.2. The summed E-state index contributed by atoms with van der Waals surface area (Å²) in [4.78, 5) is 28.8. The molecule has 8 nitrogen and oxygen atoms in total. The van der Waals surface area contributed by atoms with Crippen molar-refractivity contribution in [2.45, 2.75) is 90.3 Å². The van der Waals surface area contributed by atoms with Gasteiger partial charge in [-0.25, -0.2) is 8.42 Å². The van der Waals surface area contributed by atoms with E-state index in [0.717, 1.165) is 43.2 Å². The molecule has 1 N–H and O–H groups in total. The molecule has 1 aliphatic rings. The first kappa shape index (κ1) is 31.5. The lowest BCUT2D eigenvalue weighted by Gasteiger charge is -2.33. The molecule has 0 bridgehead atoms. The third-order valence-corrected chi connectivity index (χ3v) is 8.80. The summed E-state index contributed by atoms with van der Waals surface area (Å²) in [7, 11) is -1.94. The van der Waals surface area contributed by atoms with E-state index in [1.807, 2.05) is 50.2 Å². The summed E-state index contributed by atoms with van der Waals surface area (Å²) >= 11 is 0. The van der Waals surface area contributed by atoms with Crippen molar-refractivity contribution in [3.8, 4) is 5.75 Å². The molecular formula is C31H45N3O5S. The summed E-state index contributed by atoms with van der Waals surface area (Å²) < 4.78 is 31.9. The zero-order valence-corrected chi connectivity index (χ0v) is 25.2. The zero-order valence-electron chi connectivity index (χ0n) is 24.4. The Bertz CT molecular complexity index is 1210. The van der Waals surface area contributed by atoms with Crippen molar-refractivity contribution in [1.82, 2.24) is 10.2 Å². The van der Waals surface area contributed by atoms with E-state index in [9.17, 15) is 18.0 Å². The van der Waals surface area contributed by atoms with E-state index in [1.165, 1.54) is 17.0 Å². The maximum atomic E-state index is 13.7. The lowest BCUT2D eigenvalue weighted by Crippen LogP contribution is -2.51. The summed E-state index contributed by atoms with van der Waals surface area (Å²) in [5.74, 6) is 0.380. The summed E-state index contributed by atoms with van der Waals surface area (Å²) in [5.41, 5.74) is 2.57. The van der Waals surface area contributed by atoms with E-state index in [0.29, 0.717) is 24.3 Å². The number of carbonyl (C=O) groups excluding carboxylic acids is 2. The molecule has 2 aromatic rings. The van der Waals surface area contributed by atoms with Crippen LogP contribution in [0.4, 0.5) is 5.69 Å². The summed E-state index contributed by atoms with van der Waals surface area (Å²) in [6.07, 6.45) is 8.30. The molecule has 1 saturated carbocycles. The number of sulfonamides is 1. The molecule has 0 spiro atoms. The largest absolute Gasteiger partial charge is 0.497 e. The maximum Gasteiger partial charge on any atom is 0.243 e. The lowest BCUT2D eigenvalue weighted by atomic mass is 9.95. The third-order valence-electron chi connectivity index (χ3n) is 7.61. The Labute approximate surface area is 240 Å². The first-order chi connectivity index (χ1) is 19.2. The molecule has 3 rings (SSSR count). The van der Waals surface area contributed by atoms with E-state index in [1.54, 1.807) is 24.1 Å². The van der Waals surface area contributed by atoms with Gasteiger partial charge in [-0.05, 0) is 67.5 Å². The Kier molecular flexibility index (Phi) is 11.9. The Morgan fingerprint density at radius 3 is 2.33 bits per heavy atom. The smallest absolute Gasteiger partial charge is 0.243 e. The molecule has 0 aliphatic heterocycles. The average Bonchev–Trinajstić information content (AvgIpc) is 2.95. The highest BCUT2D eigenvalue weighted by Gasteiger charge is 2.30. The van der Waals surface area contributed by atoms with Crippen LogP contribution in [-0.2, 0) is 32.6 Å². The second kappa shape index (κ2) is 15.1. The number of rotatable bonds is 14. The number of methoxy groups -OCH3 is 1. The fourth-order valence-electron chi connectivity index (χ4n) is 5.33. The van der Waals surface area contributed by atoms with Crippen LogP contribution in [0.25, 0.3) is 0 Å². The standard InChI is InChI=1S/C31H45N3O5S/c1-5-24-17-19-27(20-18-24)34(40(4,37)38)21-11-16-30(35)33(23-25-12-10-15-28(22-25)39-3)29(6-2)31(36)32-26-13-8-7-9-14-26/h10,12,15,17-20,22,26,29H,5-9,11,13-14,16,21,23H2,1-4H3,(H,32,36). The molecule has 1 unspecified atom stereocenters. The fourth-order valence-corrected chi connectivity index (χ4v) is 6.30. The SMILES string of the molecule is CCc1ccc(N(CCCC(=O)N(Cc2cccc(OC)c2)C(CC)C(=O)NC2CCCCC2)S(C)(=O)=O)cc1. The van der Waals surface area contributed by atoms with Gasteiger partial charge in [0.15, 0.2) is 0 Å². The molecule has 0 aromatic heterocycles. The quantitative estimate of drug-likeness (QED) is 0.342. The van der Waals surface area contributed by atoms with Gasteiger partial charge in [0.05, 0.1) is 19.1 Å². The van der Waals surface area contributed by atoms with Crippen LogP contribution in [0.2, 0.25) is 0 Å². The summed E-state index contributed by atoms with van der Waals surface area (Å²) in [6, 6.07) is 14.5. The van der Waals surface area contributed by atoms with E-state index in [2.05, 4.69) is 5.32 Å². The van der Waals surface area contributed by atoms with Crippen LogP contribution < -0.4 is 14.4 Å². The monoisotopic (exact) mass is 571 g/mol. The van der Waals surface area contributed by atoms with Gasteiger partial charge in [0, 0.05) is 25.6 Å². The number of aryl methyl sites for hydroxylation is 1. The fraction of sp³-hybridized carbons (Fsp3) is 0.548. The van der Waals surface area contributed by atoms with Gasteiger partial charge < -0.3 is 15.0 Å². The number of hydrogen-bond acceptors (Lipinski definition) is 5. The van der Waals surface area contributed by atoms with Gasteiger partial charge in [0.25, 0.3) is 0 Å². The molecule has 220 valence electrons. The normalized spacial score (nSPS) is 14.8. The third kappa shape index (κ3) is 8.98. The molecule has 0 radical (unpaired) electrons. The highest BCUT2D eigenvalue weighted by molar-refractivity contribution is 7.92.